The molecule has 6 nitrogen and oxygen atoms in total. The fourth-order valence-electron chi connectivity index (χ4n) is 4.21. The molecular formula is C27H24Cl2N2O4S. The number of ether oxygens (including phenoxy) is 1. The molecule has 36 heavy (non-hydrogen) atoms. The normalized spacial score (nSPS) is 15.2. The highest BCUT2D eigenvalue weighted by Gasteiger charge is 2.30. The first-order valence-corrected chi connectivity index (χ1v) is 13.2. The Morgan fingerprint density at radius 2 is 2.06 bits per heavy atom. The first-order chi connectivity index (χ1) is 17.3. The summed E-state index contributed by atoms with van der Waals surface area (Å²) in [6.07, 6.45) is 5.04. The van der Waals surface area contributed by atoms with Crippen molar-refractivity contribution in [2.75, 3.05) is 11.9 Å². The van der Waals surface area contributed by atoms with Crippen molar-refractivity contribution in [3.8, 4) is 17.4 Å². The van der Waals surface area contributed by atoms with Crippen molar-refractivity contribution in [1.29, 1.82) is 5.26 Å². The van der Waals surface area contributed by atoms with Crippen molar-refractivity contribution < 1.29 is 18.7 Å². The minimum absolute atomic E-state index is 0.155. The predicted octanol–water partition coefficient (Wildman–Crippen LogP) is 7.55. The topological polar surface area (TPSA) is 92.3 Å². The second-order valence-corrected chi connectivity index (χ2v) is 10.3. The Labute approximate surface area is 223 Å². The molecule has 4 rings (SSSR count). The van der Waals surface area contributed by atoms with Crippen molar-refractivity contribution in [1.82, 2.24) is 0 Å². The van der Waals surface area contributed by atoms with Gasteiger partial charge >= 0.3 is 5.97 Å². The van der Waals surface area contributed by atoms with Crippen molar-refractivity contribution in [3.63, 3.8) is 0 Å². The molecule has 9 heteroatoms. The van der Waals surface area contributed by atoms with Gasteiger partial charge in [-0.25, -0.2) is 4.79 Å². The standard InChI is InChI=1S/C27H24Cl2N2O4S/c1-3-15-5-8-19-23(11-15)36-26(24(19)27(33)34-4-2)31-25(32)17(14-30)12-18-7-10-22(35-18)16-6-9-20(28)21(29)13-16/h6-7,9-10,12-13,15H,3-5,8,11H2,1-2H3,(H,31,32)/b17-12+. The Hall–Kier alpha value is -3.05. The molecule has 1 aliphatic rings. The third-order valence-electron chi connectivity index (χ3n) is 6.13. The number of nitrogens with zero attached hydrogens (tertiary/aromatic N) is 1. The van der Waals surface area contributed by atoms with E-state index in [1.54, 1.807) is 37.3 Å². The van der Waals surface area contributed by atoms with Crippen LogP contribution in [0, 0.1) is 17.2 Å². The van der Waals surface area contributed by atoms with Gasteiger partial charge in [0.15, 0.2) is 0 Å². The lowest BCUT2D eigenvalue weighted by atomic mass is 9.85. The zero-order valence-electron chi connectivity index (χ0n) is 19.8. The highest BCUT2D eigenvalue weighted by molar-refractivity contribution is 7.17. The van der Waals surface area contributed by atoms with Gasteiger partial charge < -0.3 is 14.5 Å². The van der Waals surface area contributed by atoms with Gasteiger partial charge in [-0.2, -0.15) is 5.26 Å². The summed E-state index contributed by atoms with van der Waals surface area (Å²) in [6.45, 7) is 4.13. The number of nitriles is 1. The smallest absolute Gasteiger partial charge is 0.341 e. The fraction of sp³-hybridized carbons (Fsp3) is 0.296. The third-order valence-corrected chi connectivity index (χ3v) is 8.04. The van der Waals surface area contributed by atoms with E-state index in [9.17, 15) is 14.9 Å². The van der Waals surface area contributed by atoms with Crippen LogP contribution in [0.4, 0.5) is 5.00 Å². The highest BCUT2D eigenvalue weighted by atomic mass is 35.5. The number of nitrogens with one attached hydrogen (secondary N) is 1. The molecule has 1 aliphatic carbocycles. The van der Waals surface area contributed by atoms with Gasteiger partial charge in [-0.05, 0) is 68.0 Å². The van der Waals surface area contributed by atoms with Gasteiger partial charge in [0.25, 0.3) is 5.91 Å². The van der Waals surface area contributed by atoms with Crippen LogP contribution in [0.1, 0.15) is 53.2 Å². The van der Waals surface area contributed by atoms with E-state index >= 15 is 0 Å². The molecule has 0 fully saturated rings. The first kappa shape index (κ1) is 26.0. The molecule has 0 spiro atoms. The number of esters is 1. The Morgan fingerprint density at radius 1 is 1.25 bits per heavy atom. The number of hydrogen-bond donors (Lipinski definition) is 1. The number of anilines is 1. The summed E-state index contributed by atoms with van der Waals surface area (Å²) >= 11 is 13.5. The van der Waals surface area contributed by atoms with Crippen LogP contribution in [-0.4, -0.2) is 18.5 Å². The second-order valence-electron chi connectivity index (χ2n) is 8.40. The van der Waals surface area contributed by atoms with E-state index in [0.717, 1.165) is 36.1 Å². The van der Waals surface area contributed by atoms with Gasteiger partial charge in [0.05, 0.1) is 22.2 Å². The third kappa shape index (κ3) is 5.52. The number of benzene rings is 1. The van der Waals surface area contributed by atoms with Gasteiger partial charge in [0, 0.05) is 16.5 Å². The molecule has 2 aromatic heterocycles. The SMILES string of the molecule is CCOC(=O)c1c(NC(=O)/C(C#N)=C/c2ccc(-c3ccc(Cl)c(Cl)c3)o2)sc2c1CCC(CC)C2. The van der Waals surface area contributed by atoms with Gasteiger partial charge in [0.2, 0.25) is 0 Å². The molecule has 1 unspecified atom stereocenters. The van der Waals surface area contributed by atoms with E-state index < -0.39 is 11.9 Å². The number of furan rings is 1. The van der Waals surface area contributed by atoms with Crippen LogP contribution in [0.15, 0.2) is 40.3 Å². The van der Waals surface area contributed by atoms with E-state index in [2.05, 4.69) is 12.2 Å². The predicted molar refractivity (Wildman–Crippen MR) is 142 cm³/mol. The molecule has 0 aliphatic heterocycles. The maximum Gasteiger partial charge on any atom is 0.341 e. The molecular weight excluding hydrogens is 519 g/mol. The van der Waals surface area contributed by atoms with Crippen LogP contribution in [0.5, 0.6) is 0 Å². The van der Waals surface area contributed by atoms with Gasteiger partial charge in [-0.3, -0.25) is 4.79 Å². The summed E-state index contributed by atoms with van der Waals surface area (Å²) in [7, 11) is 0. The molecule has 186 valence electrons. The molecule has 1 aromatic carbocycles. The summed E-state index contributed by atoms with van der Waals surface area (Å²) in [6, 6.07) is 10.4. The summed E-state index contributed by atoms with van der Waals surface area (Å²) in [4.78, 5) is 26.9. The Morgan fingerprint density at radius 3 is 2.75 bits per heavy atom. The van der Waals surface area contributed by atoms with E-state index in [1.807, 2.05) is 6.07 Å². The van der Waals surface area contributed by atoms with Crippen molar-refractivity contribution in [2.45, 2.75) is 39.5 Å². The highest BCUT2D eigenvalue weighted by Crippen LogP contribution is 2.41. The van der Waals surface area contributed by atoms with E-state index in [4.69, 9.17) is 32.4 Å². The summed E-state index contributed by atoms with van der Waals surface area (Å²) in [5, 5.41) is 13.7. The monoisotopic (exact) mass is 542 g/mol. The number of rotatable bonds is 7. The summed E-state index contributed by atoms with van der Waals surface area (Å²) in [5.41, 5.74) is 1.90. The van der Waals surface area contributed by atoms with Crippen LogP contribution in [0.2, 0.25) is 10.0 Å². The van der Waals surface area contributed by atoms with Crippen molar-refractivity contribution in [2.24, 2.45) is 5.92 Å². The molecule has 0 saturated carbocycles. The molecule has 1 N–H and O–H groups in total. The number of hydrogen-bond acceptors (Lipinski definition) is 6. The summed E-state index contributed by atoms with van der Waals surface area (Å²) < 4.78 is 11.1. The van der Waals surface area contributed by atoms with Gasteiger partial charge in [0.1, 0.15) is 28.2 Å². The minimum Gasteiger partial charge on any atom is -0.462 e. The first-order valence-electron chi connectivity index (χ1n) is 11.6. The molecule has 0 radical (unpaired) electrons. The minimum atomic E-state index is -0.624. The largest absolute Gasteiger partial charge is 0.462 e. The fourth-order valence-corrected chi connectivity index (χ4v) is 5.85. The number of fused-ring (bicyclic) bond motifs is 1. The molecule has 1 atom stereocenters. The molecule has 2 heterocycles. The molecule has 0 bridgehead atoms. The van der Waals surface area contributed by atoms with Crippen molar-refractivity contribution >= 4 is 57.5 Å². The molecule has 3 aromatic rings. The average Bonchev–Trinajstić information content (AvgIpc) is 3.48. The lowest BCUT2D eigenvalue weighted by Gasteiger charge is -2.20. The number of halogens is 2. The number of amides is 1. The van der Waals surface area contributed by atoms with Gasteiger partial charge in [-0.1, -0.05) is 36.5 Å². The lowest BCUT2D eigenvalue weighted by Crippen LogP contribution is -2.17. The van der Waals surface area contributed by atoms with Crippen molar-refractivity contribution in [3.05, 3.63) is 67.7 Å². The average molecular weight is 543 g/mol. The zero-order chi connectivity index (χ0) is 25.8. The number of thiophene rings is 1. The van der Waals surface area contributed by atoms with Crippen LogP contribution in [-0.2, 0) is 22.4 Å². The van der Waals surface area contributed by atoms with Crippen LogP contribution < -0.4 is 5.32 Å². The van der Waals surface area contributed by atoms with Crippen LogP contribution in [0.25, 0.3) is 17.4 Å². The van der Waals surface area contributed by atoms with Crippen LogP contribution >= 0.6 is 34.5 Å². The Balaban J connectivity index is 1.60. The Bertz CT molecular complexity index is 1380. The Kier molecular flexibility index (Phi) is 8.20. The zero-order valence-corrected chi connectivity index (χ0v) is 22.1. The number of carbonyl (C=O) groups is 2. The number of carbonyl (C=O) groups excluding carboxylic acids is 2. The summed E-state index contributed by atoms with van der Waals surface area (Å²) in [5.74, 6) is 0.303. The maximum atomic E-state index is 13.1. The van der Waals surface area contributed by atoms with E-state index in [1.165, 1.54) is 17.4 Å². The quantitative estimate of drug-likeness (QED) is 0.189. The lowest BCUT2D eigenvalue weighted by molar-refractivity contribution is -0.112. The second kappa shape index (κ2) is 11.3. The van der Waals surface area contributed by atoms with Gasteiger partial charge in [-0.15, -0.1) is 11.3 Å². The molecule has 1 amide bonds. The van der Waals surface area contributed by atoms with E-state index in [-0.39, 0.29) is 12.2 Å². The van der Waals surface area contributed by atoms with E-state index in [0.29, 0.717) is 43.6 Å². The maximum absolute atomic E-state index is 13.1. The molecule has 0 saturated heterocycles. The van der Waals surface area contributed by atoms with Crippen LogP contribution in [0.3, 0.4) is 0 Å².